The second-order valence-electron chi connectivity index (χ2n) is 4.96. The number of hydrogen-bond donors (Lipinski definition) is 1. The lowest BCUT2D eigenvalue weighted by Gasteiger charge is -2.05. The number of aromatic nitrogens is 2. The quantitative estimate of drug-likeness (QED) is 0.866. The van der Waals surface area contributed by atoms with Crippen molar-refractivity contribution < 1.29 is 4.52 Å². The van der Waals surface area contributed by atoms with Crippen molar-refractivity contribution in [1.29, 1.82) is 0 Å². The fraction of sp³-hybridized carbons (Fsp3) is 0.467. The largest absolute Gasteiger partial charge is 0.339 e. The Morgan fingerprint density at radius 3 is 2.84 bits per heavy atom. The summed E-state index contributed by atoms with van der Waals surface area (Å²) >= 11 is 0. The minimum absolute atomic E-state index is 0.108. The second-order valence-corrected chi connectivity index (χ2v) is 4.96. The number of hydrogen-bond acceptors (Lipinski definition) is 4. The number of nitrogens with two attached hydrogens (primary N) is 1. The predicted molar refractivity (Wildman–Crippen MR) is 74.9 cm³/mol. The van der Waals surface area contributed by atoms with Crippen LogP contribution in [0.15, 0.2) is 28.8 Å². The Kier molecular flexibility index (Phi) is 4.68. The van der Waals surface area contributed by atoms with Crippen LogP contribution in [0.5, 0.6) is 0 Å². The van der Waals surface area contributed by atoms with Crippen LogP contribution in [0.3, 0.4) is 0 Å². The summed E-state index contributed by atoms with van der Waals surface area (Å²) in [5.41, 5.74) is 8.45. The minimum atomic E-state index is 0.108. The molecule has 0 aliphatic heterocycles. The monoisotopic (exact) mass is 259 g/mol. The maximum Gasteiger partial charge on any atom is 0.228 e. The van der Waals surface area contributed by atoms with Crippen LogP contribution in [0, 0.1) is 6.92 Å². The van der Waals surface area contributed by atoms with Crippen LogP contribution < -0.4 is 5.73 Å². The van der Waals surface area contributed by atoms with Gasteiger partial charge in [0.25, 0.3) is 0 Å². The summed E-state index contributed by atoms with van der Waals surface area (Å²) in [6.07, 6.45) is 3.43. The lowest BCUT2D eigenvalue weighted by atomic mass is 10.1. The van der Waals surface area contributed by atoms with Gasteiger partial charge in [-0.05, 0) is 24.5 Å². The Bertz CT molecular complexity index is 522. The van der Waals surface area contributed by atoms with Crippen LogP contribution >= 0.6 is 0 Å². The summed E-state index contributed by atoms with van der Waals surface area (Å²) in [5.74, 6) is 1.37. The molecule has 0 spiro atoms. The molecule has 19 heavy (non-hydrogen) atoms. The molecule has 2 N–H and O–H groups in total. The van der Waals surface area contributed by atoms with Gasteiger partial charge in [-0.3, -0.25) is 0 Å². The molecule has 0 bridgehead atoms. The summed E-state index contributed by atoms with van der Waals surface area (Å²) in [6, 6.07) is 8.35. The van der Waals surface area contributed by atoms with E-state index in [1.54, 1.807) is 0 Å². The van der Waals surface area contributed by atoms with Gasteiger partial charge in [-0.15, -0.1) is 0 Å². The fourth-order valence-electron chi connectivity index (χ4n) is 2.12. The molecule has 2 rings (SSSR count). The molecule has 1 heterocycles. The fourth-order valence-corrected chi connectivity index (χ4v) is 2.12. The topological polar surface area (TPSA) is 64.9 Å². The molecule has 0 aliphatic rings. The van der Waals surface area contributed by atoms with Crippen LogP contribution in [-0.2, 0) is 12.8 Å². The van der Waals surface area contributed by atoms with Crippen molar-refractivity contribution in [2.75, 3.05) is 0 Å². The first-order chi connectivity index (χ1) is 9.19. The maximum absolute atomic E-state index is 5.97. The molecular formula is C15H21N3O. The van der Waals surface area contributed by atoms with Gasteiger partial charge < -0.3 is 10.3 Å². The van der Waals surface area contributed by atoms with Crippen molar-refractivity contribution in [1.82, 2.24) is 10.1 Å². The molecule has 1 aromatic carbocycles. The first kappa shape index (κ1) is 13.7. The average Bonchev–Trinajstić information content (AvgIpc) is 2.80. The molecule has 1 atom stereocenters. The highest BCUT2D eigenvalue weighted by atomic mass is 16.5. The molecule has 0 radical (unpaired) electrons. The zero-order valence-electron chi connectivity index (χ0n) is 11.6. The molecule has 4 nitrogen and oxygen atoms in total. The van der Waals surface area contributed by atoms with Crippen molar-refractivity contribution >= 4 is 0 Å². The molecule has 4 heteroatoms. The molecule has 2 aromatic rings. The molecule has 0 fully saturated rings. The van der Waals surface area contributed by atoms with E-state index in [2.05, 4.69) is 36.1 Å². The standard InChI is InChI=1S/C15H21N3O/c1-3-6-13(16)10-15-17-14(18-19-15)9-12-8-5-4-7-11(12)2/h4-5,7-8,13H,3,6,9-10,16H2,1-2H3. The van der Waals surface area contributed by atoms with Crippen molar-refractivity contribution in [3.63, 3.8) is 0 Å². The van der Waals surface area contributed by atoms with E-state index in [0.717, 1.165) is 18.7 Å². The van der Waals surface area contributed by atoms with E-state index < -0.39 is 0 Å². The van der Waals surface area contributed by atoms with Gasteiger partial charge in [0, 0.05) is 18.9 Å². The molecule has 0 aliphatic carbocycles. The first-order valence-electron chi connectivity index (χ1n) is 6.80. The normalized spacial score (nSPS) is 12.6. The van der Waals surface area contributed by atoms with Crippen molar-refractivity contribution in [3.8, 4) is 0 Å². The van der Waals surface area contributed by atoms with E-state index in [1.807, 2.05) is 12.1 Å². The summed E-state index contributed by atoms with van der Waals surface area (Å²) in [6.45, 7) is 4.21. The van der Waals surface area contributed by atoms with E-state index >= 15 is 0 Å². The summed E-state index contributed by atoms with van der Waals surface area (Å²) in [5, 5.41) is 4.02. The van der Waals surface area contributed by atoms with Gasteiger partial charge >= 0.3 is 0 Å². The van der Waals surface area contributed by atoms with Crippen molar-refractivity contribution in [2.45, 2.75) is 45.6 Å². The Morgan fingerprint density at radius 1 is 1.32 bits per heavy atom. The zero-order chi connectivity index (χ0) is 13.7. The van der Waals surface area contributed by atoms with Gasteiger partial charge in [-0.25, -0.2) is 0 Å². The van der Waals surface area contributed by atoms with Crippen molar-refractivity contribution in [2.24, 2.45) is 5.73 Å². The number of aryl methyl sites for hydroxylation is 1. The first-order valence-corrected chi connectivity index (χ1v) is 6.80. The van der Waals surface area contributed by atoms with E-state index in [1.165, 1.54) is 11.1 Å². The van der Waals surface area contributed by atoms with E-state index in [4.69, 9.17) is 10.3 Å². The van der Waals surface area contributed by atoms with Gasteiger partial charge in [-0.2, -0.15) is 4.98 Å². The third-order valence-electron chi connectivity index (χ3n) is 3.22. The van der Waals surface area contributed by atoms with Gasteiger partial charge in [0.15, 0.2) is 5.82 Å². The Morgan fingerprint density at radius 2 is 2.11 bits per heavy atom. The van der Waals surface area contributed by atoms with Crippen LogP contribution in [0.25, 0.3) is 0 Å². The molecule has 102 valence electrons. The molecule has 0 saturated heterocycles. The van der Waals surface area contributed by atoms with Crippen LogP contribution in [0.2, 0.25) is 0 Å². The lowest BCUT2D eigenvalue weighted by molar-refractivity contribution is 0.361. The Labute approximate surface area is 114 Å². The maximum atomic E-state index is 5.97. The van der Waals surface area contributed by atoms with Crippen LogP contribution in [0.4, 0.5) is 0 Å². The SMILES string of the molecule is CCCC(N)Cc1nc(Cc2ccccc2C)no1. The molecule has 0 saturated carbocycles. The lowest BCUT2D eigenvalue weighted by Crippen LogP contribution is -2.22. The smallest absolute Gasteiger partial charge is 0.228 e. The summed E-state index contributed by atoms with van der Waals surface area (Å²) in [7, 11) is 0. The van der Waals surface area contributed by atoms with Gasteiger partial charge in [0.05, 0.1) is 0 Å². The third-order valence-corrected chi connectivity index (χ3v) is 3.22. The van der Waals surface area contributed by atoms with E-state index in [-0.39, 0.29) is 6.04 Å². The van der Waals surface area contributed by atoms with Gasteiger partial charge in [0.1, 0.15) is 0 Å². The Balaban J connectivity index is 2.00. The minimum Gasteiger partial charge on any atom is -0.339 e. The molecule has 1 aromatic heterocycles. The number of benzene rings is 1. The van der Waals surface area contributed by atoms with E-state index in [0.29, 0.717) is 18.7 Å². The second kappa shape index (κ2) is 6.48. The summed E-state index contributed by atoms with van der Waals surface area (Å²) in [4.78, 5) is 4.41. The summed E-state index contributed by atoms with van der Waals surface area (Å²) < 4.78 is 5.25. The molecule has 0 amide bonds. The zero-order valence-corrected chi connectivity index (χ0v) is 11.6. The highest BCUT2D eigenvalue weighted by Gasteiger charge is 2.11. The molecular weight excluding hydrogens is 238 g/mol. The average molecular weight is 259 g/mol. The van der Waals surface area contributed by atoms with Crippen LogP contribution in [0.1, 0.15) is 42.6 Å². The van der Waals surface area contributed by atoms with Crippen molar-refractivity contribution in [3.05, 3.63) is 47.1 Å². The van der Waals surface area contributed by atoms with Gasteiger partial charge in [-0.1, -0.05) is 42.8 Å². The van der Waals surface area contributed by atoms with Crippen LogP contribution in [-0.4, -0.2) is 16.2 Å². The number of rotatable bonds is 6. The Hall–Kier alpha value is -1.68. The number of nitrogens with zero attached hydrogens (tertiary/aromatic N) is 2. The third kappa shape index (κ3) is 3.89. The van der Waals surface area contributed by atoms with Gasteiger partial charge in [0.2, 0.25) is 5.89 Å². The van der Waals surface area contributed by atoms with E-state index in [9.17, 15) is 0 Å². The molecule has 1 unspecified atom stereocenters. The predicted octanol–water partition coefficient (Wildman–Crippen LogP) is 2.64. The highest BCUT2D eigenvalue weighted by Crippen LogP contribution is 2.12. The highest BCUT2D eigenvalue weighted by molar-refractivity contribution is 5.27.